The van der Waals surface area contributed by atoms with Gasteiger partial charge in [0.25, 0.3) is 0 Å². The molecule has 0 saturated heterocycles. The van der Waals surface area contributed by atoms with Crippen LogP contribution >= 0.6 is 0 Å². The van der Waals surface area contributed by atoms with Gasteiger partial charge in [0.15, 0.2) is 0 Å². The summed E-state index contributed by atoms with van der Waals surface area (Å²) in [6.45, 7) is 8.05. The van der Waals surface area contributed by atoms with Crippen molar-refractivity contribution in [1.82, 2.24) is 0 Å². The molecule has 0 saturated carbocycles. The molecule has 0 amide bonds. The fourth-order valence-corrected chi connectivity index (χ4v) is 1.90. The number of hydrogen-bond acceptors (Lipinski definition) is 1. The molecular weight excluding hydrogens is 278 g/mol. The minimum absolute atomic E-state index is 0. The third-order valence-electron chi connectivity index (χ3n) is 2.36. The number of rotatable bonds is 1. The van der Waals surface area contributed by atoms with Crippen LogP contribution in [0.25, 0.3) is 0 Å². The Morgan fingerprint density at radius 3 is 1.52 bits per heavy atom. The number of nitrogens with two attached hydrogens (primary N) is 1. The molecule has 2 aromatic rings. The lowest BCUT2D eigenvalue weighted by atomic mass is 10.2. The molecule has 0 aliphatic carbocycles. The van der Waals surface area contributed by atoms with Crippen LogP contribution in [0.3, 0.4) is 0 Å². The van der Waals surface area contributed by atoms with Crippen LogP contribution in [0.2, 0.25) is 0 Å². The van der Waals surface area contributed by atoms with Crippen LogP contribution in [-0.4, -0.2) is 10.1 Å². The van der Waals surface area contributed by atoms with E-state index in [1.807, 2.05) is 51.1 Å². The molecule has 2 N–H and O–H groups in total. The highest BCUT2D eigenvalue weighted by Crippen LogP contribution is 2.06. The van der Waals surface area contributed by atoms with Gasteiger partial charge in [-0.25, -0.2) is 4.21 Å². The summed E-state index contributed by atoms with van der Waals surface area (Å²) < 4.78 is 11.2. The maximum Gasteiger partial charge on any atom is 0.0507 e. The monoisotopic (exact) mass is 307 g/mol. The largest absolute Gasteiger partial charge is 0.256 e. The van der Waals surface area contributed by atoms with E-state index in [1.54, 1.807) is 12.1 Å². The summed E-state index contributed by atoms with van der Waals surface area (Å²) in [7, 11) is -2.52. The second kappa shape index (κ2) is 11.1. The van der Waals surface area contributed by atoms with E-state index in [4.69, 9.17) is 5.14 Å². The van der Waals surface area contributed by atoms with Crippen molar-refractivity contribution in [2.24, 2.45) is 5.14 Å². The zero-order valence-corrected chi connectivity index (χ0v) is 13.6. The lowest BCUT2D eigenvalue weighted by molar-refractivity contribution is 0.682. The summed E-state index contributed by atoms with van der Waals surface area (Å²) in [6.07, 6.45) is 0. The van der Waals surface area contributed by atoms with Crippen molar-refractivity contribution >= 4 is 15.6 Å². The predicted octanol–water partition coefficient (Wildman–Crippen LogP) is 4.60. The molecule has 0 heterocycles. The second-order valence-corrected chi connectivity index (χ2v) is 6.12. The highest BCUT2D eigenvalue weighted by Gasteiger charge is 1.98. The van der Waals surface area contributed by atoms with Crippen molar-refractivity contribution < 1.29 is 4.21 Å². The topological polar surface area (TPSA) is 43.1 Å². The van der Waals surface area contributed by atoms with Crippen LogP contribution in [0.4, 0.5) is 0 Å². The summed E-state index contributed by atoms with van der Waals surface area (Å²) in [5.74, 6) is 3.38. The first-order chi connectivity index (χ1) is 9.39. The molecule has 21 heavy (non-hydrogen) atoms. The first-order valence-electron chi connectivity index (χ1n) is 6.63. The van der Waals surface area contributed by atoms with E-state index in [0.29, 0.717) is 4.90 Å². The van der Waals surface area contributed by atoms with Crippen molar-refractivity contribution in [3.05, 3.63) is 65.7 Å². The van der Waals surface area contributed by atoms with Gasteiger partial charge in [-0.05, 0) is 31.9 Å². The highest BCUT2D eigenvalue weighted by atomic mass is 32.2. The third-order valence-corrected chi connectivity index (χ3v) is 3.43. The van der Waals surface area contributed by atoms with Crippen LogP contribution in [0.15, 0.2) is 59.5 Å². The Morgan fingerprint density at radius 1 is 0.857 bits per heavy atom. The molecule has 2 rings (SSSR count). The molecular formula is C18H29NOS. The highest BCUT2D eigenvalue weighted by molar-refractivity contribution is 7.98. The Hall–Kier alpha value is -1.58. The van der Waals surface area contributed by atoms with Crippen molar-refractivity contribution in [3.8, 4) is 0 Å². The number of aryl methyl sites for hydroxylation is 2. The maximum atomic E-state index is 11.2. The molecule has 1 atom stereocenters. The average molecular weight is 308 g/mol. The molecule has 0 fully saturated rings. The van der Waals surface area contributed by atoms with Gasteiger partial charge in [0.1, 0.15) is 0 Å². The Labute approximate surface area is 131 Å². The van der Waals surface area contributed by atoms with E-state index in [-0.39, 0.29) is 7.43 Å². The van der Waals surface area contributed by atoms with Crippen LogP contribution in [-0.2, 0) is 9.71 Å². The molecule has 2 aromatic carbocycles. The quantitative estimate of drug-likeness (QED) is 0.769. The molecule has 0 bridgehead atoms. The zero-order chi connectivity index (χ0) is 15.6. The van der Waals surface area contributed by atoms with E-state index < -0.39 is 9.71 Å². The Bertz CT molecular complexity index is 572. The first-order valence-corrected chi connectivity index (χ1v) is 8.42. The van der Waals surface area contributed by atoms with Crippen molar-refractivity contribution in [2.75, 3.05) is 0 Å². The molecule has 2 nitrogen and oxygen atoms in total. The van der Waals surface area contributed by atoms with Gasteiger partial charge in [-0.15, -0.1) is 0 Å². The molecule has 0 aromatic heterocycles. The third kappa shape index (κ3) is 9.88. The molecule has 0 spiro atoms. The van der Waals surface area contributed by atoms with Gasteiger partial charge in [-0.2, -0.15) is 0 Å². The van der Waals surface area contributed by atoms with Crippen molar-refractivity contribution in [2.45, 2.75) is 40.0 Å². The van der Waals surface area contributed by atoms with E-state index in [9.17, 15) is 4.21 Å². The standard InChI is InChI=1S/C8H11NOS.C7H8.C2H6.CH4/c1-7-3-5-8(6-4-7)11(2,9)10;1-7-5-3-2-4-6-7;1-2;/h3-6H,2H2,1H3,(H2,9,10);2-6H,1H3;1-2H3;1H4. The lowest BCUT2D eigenvalue weighted by Crippen LogP contribution is -2.11. The predicted molar refractivity (Wildman–Crippen MR) is 98.2 cm³/mol. The van der Waals surface area contributed by atoms with Gasteiger partial charge in [0.2, 0.25) is 0 Å². The summed E-state index contributed by atoms with van der Waals surface area (Å²) >= 11 is 0. The van der Waals surface area contributed by atoms with E-state index in [2.05, 4.69) is 24.9 Å². The van der Waals surface area contributed by atoms with Gasteiger partial charge in [-0.3, -0.25) is 5.14 Å². The van der Waals surface area contributed by atoms with Gasteiger partial charge in [0.05, 0.1) is 9.71 Å². The van der Waals surface area contributed by atoms with Gasteiger partial charge >= 0.3 is 0 Å². The van der Waals surface area contributed by atoms with Gasteiger partial charge in [-0.1, -0.05) is 74.9 Å². The molecule has 1 unspecified atom stereocenters. The van der Waals surface area contributed by atoms with Crippen LogP contribution in [0.1, 0.15) is 32.4 Å². The fourth-order valence-electron chi connectivity index (χ4n) is 1.30. The molecule has 0 aliphatic rings. The summed E-state index contributed by atoms with van der Waals surface area (Å²) in [4.78, 5) is 0.600. The smallest absolute Gasteiger partial charge is 0.0507 e. The zero-order valence-electron chi connectivity index (χ0n) is 12.8. The second-order valence-electron chi connectivity index (χ2n) is 4.19. The molecule has 0 radical (unpaired) electrons. The van der Waals surface area contributed by atoms with Crippen molar-refractivity contribution in [3.63, 3.8) is 0 Å². The number of hydrogen-bond donors (Lipinski definition) is 1. The minimum Gasteiger partial charge on any atom is -0.256 e. The Balaban J connectivity index is 0. The molecule has 118 valence electrons. The molecule has 0 aliphatic heterocycles. The average Bonchev–Trinajstić information content (AvgIpc) is 2.42. The fraction of sp³-hybridized carbons (Fsp3) is 0.278. The van der Waals surface area contributed by atoms with Crippen molar-refractivity contribution in [1.29, 1.82) is 0 Å². The van der Waals surface area contributed by atoms with Crippen LogP contribution in [0.5, 0.6) is 0 Å². The summed E-state index contributed by atoms with van der Waals surface area (Å²) in [5.41, 5.74) is 2.44. The Morgan fingerprint density at radius 2 is 1.24 bits per heavy atom. The summed E-state index contributed by atoms with van der Waals surface area (Å²) in [5, 5.41) is 5.32. The van der Waals surface area contributed by atoms with Gasteiger partial charge < -0.3 is 0 Å². The van der Waals surface area contributed by atoms with Crippen LogP contribution < -0.4 is 5.14 Å². The normalized spacial score (nSPS) is 11.5. The Kier molecular flexibility index (Phi) is 11.5. The maximum absolute atomic E-state index is 11.2. The minimum atomic E-state index is -2.52. The van der Waals surface area contributed by atoms with E-state index >= 15 is 0 Å². The first kappa shape index (κ1) is 21.7. The summed E-state index contributed by atoms with van der Waals surface area (Å²) in [6, 6.07) is 17.5. The van der Waals surface area contributed by atoms with E-state index in [0.717, 1.165) is 5.56 Å². The lowest BCUT2D eigenvalue weighted by Gasteiger charge is -2.01. The molecule has 3 heteroatoms. The SMILES string of the molecule is C.C=S(N)(=O)c1ccc(C)cc1.CC.Cc1ccccc1. The van der Waals surface area contributed by atoms with Gasteiger partial charge in [0, 0.05) is 4.90 Å². The number of benzene rings is 2. The van der Waals surface area contributed by atoms with E-state index in [1.165, 1.54) is 5.56 Å². The van der Waals surface area contributed by atoms with Crippen LogP contribution in [0, 0.1) is 13.8 Å².